The first-order valence-electron chi connectivity index (χ1n) is 6.24. The lowest BCUT2D eigenvalue weighted by molar-refractivity contribution is -0.137. The van der Waals surface area contributed by atoms with Gasteiger partial charge in [0.2, 0.25) is 0 Å². The molecule has 0 bridgehead atoms. The lowest BCUT2D eigenvalue weighted by Crippen LogP contribution is -2.30. The molecule has 4 nitrogen and oxygen atoms in total. The molecule has 1 unspecified atom stereocenters. The van der Waals surface area contributed by atoms with Crippen molar-refractivity contribution in [1.29, 1.82) is 0 Å². The predicted molar refractivity (Wildman–Crippen MR) is 69.6 cm³/mol. The second-order valence-electron chi connectivity index (χ2n) is 4.93. The first-order chi connectivity index (χ1) is 8.59. The summed E-state index contributed by atoms with van der Waals surface area (Å²) in [5.74, 6) is 0.444. The number of methoxy groups -OCH3 is 1. The lowest BCUT2D eigenvalue weighted by atomic mass is 10.2. The largest absolute Gasteiger partial charge is 0.497 e. The molecular weight excluding hydrogens is 230 g/mol. The minimum absolute atomic E-state index is 0.137. The highest BCUT2D eigenvalue weighted by Crippen LogP contribution is 2.21. The van der Waals surface area contributed by atoms with Crippen LogP contribution in [0.15, 0.2) is 24.3 Å². The van der Waals surface area contributed by atoms with Gasteiger partial charge in [0.25, 0.3) is 0 Å². The van der Waals surface area contributed by atoms with Gasteiger partial charge < -0.3 is 19.5 Å². The molecule has 4 heteroatoms. The maximum Gasteiger partial charge on any atom is 0.163 e. The average Bonchev–Trinajstić information content (AvgIpc) is 2.70. The number of nitrogens with one attached hydrogen (secondary N) is 1. The van der Waals surface area contributed by atoms with Crippen LogP contribution in [-0.4, -0.2) is 32.2 Å². The van der Waals surface area contributed by atoms with Crippen molar-refractivity contribution in [2.24, 2.45) is 0 Å². The second-order valence-corrected chi connectivity index (χ2v) is 4.93. The van der Waals surface area contributed by atoms with Gasteiger partial charge in [0.15, 0.2) is 5.79 Å². The Labute approximate surface area is 108 Å². The van der Waals surface area contributed by atoms with Crippen LogP contribution in [0.2, 0.25) is 0 Å². The third kappa shape index (κ3) is 3.70. The van der Waals surface area contributed by atoms with Gasteiger partial charge in [-0.05, 0) is 31.5 Å². The van der Waals surface area contributed by atoms with Gasteiger partial charge in [0.1, 0.15) is 5.75 Å². The SMILES string of the molecule is COc1ccc(CNCC2COC(C)(C)O2)cc1. The molecular formula is C14H21NO3. The molecule has 0 aliphatic carbocycles. The summed E-state index contributed by atoms with van der Waals surface area (Å²) in [6, 6.07) is 8.05. The number of ether oxygens (including phenoxy) is 3. The highest BCUT2D eigenvalue weighted by atomic mass is 16.7. The van der Waals surface area contributed by atoms with Crippen molar-refractivity contribution in [1.82, 2.24) is 5.32 Å². The molecule has 0 spiro atoms. The molecule has 1 aliphatic rings. The summed E-state index contributed by atoms with van der Waals surface area (Å²) in [6.07, 6.45) is 0.137. The summed E-state index contributed by atoms with van der Waals surface area (Å²) >= 11 is 0. The zero-order chi connectivity index (χ0) is 13.0. The van der Waals surface area contributed by atoms with E-state index in [2.05, 4.69) is 17.4 Å². The molecule has 1 aliphatic heterocycles. The minimum atomic E-state index is -0.438. The zero-order valence-corrected chi connectivity index (χ0v) is 11.2. The van der Waals surface area contributed by atoms with E-state index in [0.717, 1.165) is 18.8 Å². The highest BCUT2D eigenvalue weighted by Gasteiger charge is 2.32. The molecule has 1 saturated heterocycles. The number of benzene rings is 1. The van der Waals surface area contributed by atoms with E-state index in [1.807, 2.05) is 26.0 Å². The lowest BCUT2D eigenvalue weighted by Gasteiger charge is -2.17. The van der Waals surface area contributed by atoms with Crippen LogP contribution >= 0.6 is 0 Å². The van der Waals surface area contributed by atoms with Crippen molar-refractivity contribution in [3.63, 3.8) is 0 Å². The van der Waals surface area contributed by atoms with E-state index >= 15 is 0 Å². The van der Waals surface area contributed by atoms with Crippen molar-refractivity contribution in [2.45, 2.75) is 32.3 Å². The van der Waals surface area contributed by atoms with Gasteiger partial charge in [-0.15, -0.1) is 0 Å². The Bertz CT molecular complexity index is 375. The Morgan fingerprint density at radius 2 is 2.06 bits per heavy atom. The Morgan fingerprint density at radius 3 is 2.61 bits per heavy atom. The van der Waals surface area contributed by atoms with Gasteiger partial charge in [-0.3, -0.25) is 0 Å². The molecule has 1 aromatic rings. The molecule has 18 heavy (non-hydrogen) atoms. The average molecular weight is 251 g/mol. The monoisotopic (exact) mass is 251 g/mol. The molecule has 0 amide bonds. The number of hydrogen-bond acceptors (Lipinski definition) is 4. The Hall–Kier alpha value is -1.10. The van der Waals surface area contributed by atoms with Crippen LogP contribution in [0.5, 0.6) is 5.75 Å². The molecule has 1 heterocycles. The topological polar surface area (TPSA) is 39.7 Å². The van der Waals surface area contributed by atoms with E-state index in [1.165, 1.54) is 5.56 Å². The standard InChI is InChI=1S/C14H21NO3/c1-14(2)17-10-13(18-14)9-15-8-11-4-6-12(16-3)7-5-11/h4-7,13,15H,8-10H2,1-3H3. The minimum Gasteiger partial charge on any atom is -0.497 e. The second kappa shape index (κ2) is 5.69. The normalized spacial score (nSPS) is 22.1. The van der Waals surface area contributed by atoms with E-state index in [0.29, 0.717) is 6.61 Å². The van der Waals surface area contributed by atoms with E-state index in [4.69, 9.17) is 14.2 Å². The Kier molecular flexibility index (Phi) is 4.22. The molecule has 1 aromatic carbocycles. The fraction of sp³-hybridized carbons (Fsp3) is 0.571. The van der Waals surface area contributed by atoms with Crippen molar-refractivity contribution in [3.05, 3.63) is 29.8 Å². The smallest absolute Gasteiger partial charge is 0.163 e. The maximum absolute atomic E-state index is 5.72. The molecule has 0 saturated carbocycles. The van der Waals surface area contributed by atoms with E-state index in [-0.39, 0.29) is 6.10 Å². The quantitative estimate of drug-likeness (QED) is 0.868. The summed E-state index contributed by atoms with van der Waals surface area (Å²) in [6.45, 7) is 6.16. The van der Waals surface area contributed by atoms with Gasteiger partial charge in [-0.25, -0.2) is 0 Å². The molecule has 100 valence electrons. The van der Waals surface area contributed by atoms with E-state index in [9.17, 15) is 0 Å². The van der Waals surface area contributed by atoms with Crippen LogP contribution in [0.1, 0.15) is 19.4 Å². The van der Waals surface area contributed by atoms with Crippen LogP contribution in [0, 0.1) is 0 Å². The summed E-state index contributed by atoms with van der Waals surface area (Å²) in [4.78, 5) is 0. The molecule has 1 N–H and O–H groups in total. The number of rotatable bonds is 5. The van der Waals surface area contributed by atoms with Crippen molar-refractivity contribution in [3.8, 4) is 5.75 Å². The van der Waals surface area contributed by atoms with E-state index in [1.54, 1.807) is 7.11 Å². The zero-order valence-electron chi connectivity index (χ0n) is 11.2. The molecule has 1 fully saturated rings. The van der Waals surface area contributed by atoms with Crippen LogP contribution in [0.4, 0.5) is 0 Å². The first-order valence-corrected chi connectivity index (χ1v) is 6.24. The van der Waals surface area contributed by atoms with Gasteiger partial charge in [0, 0.05) is 13.1 Å². The maximum atomic E-state index is 5.72. The summed E-state index contributed by atoms with van der Waals surface area (Å²) < 4.78 is 16.3. The van der Waals surface area contributed by atoms with E-state index < -0.39 is 5.79 Å². The van der Waals surface area contributed by atoms with Gasteiger partial charge in [0.05, 0.1) is 19.8 Å². The fourth-order valence-corrected chi connectivity index (χ4v) is 1.98. The molecule has 2 rings (SSSR count). The third-order valence-electron chi connectivity index (χ3n) is 2.93. The highest BCUT2D eigenvalue weighted by molar-refractivity contribution is 5.26. The summed E-state index contributed by atoms with van der Waals surface area (Å²) in [7, 11) is 1.67. The molecule has 0 aromatic heterocycles. The van der Waals surface area contributed by atoms with Crippen LogP contribution in [0.25, 0.3) is 0 Å². The van der Waals surface area contributed by atoms with Gasteiger partial charge >= 0.3 is 0 Å². The van der Waals surface area contributed by atoms with Crippen LogP contribution < -0.4 is 10.1 Å². The van der Waals surface area contributed by atoms with Crippen molar-refractivity contribution >= 4 is 0 Å². The predicted octanol–water partition coefficient (Wildman–Crippen LogP) is 1.94. The Balaban J connectivity index is 1.72. The van der Waals surface area contributed by atoms with Gasteiger partial charge in [-0.2, -0.15) is 0 Å². The first kappa shape index (κ1) is 13.3. The van der Waals surface area contributed by atoms with Gasteiger partial charge in [-0.1, -0.05) is 12.1 Å². The van der Waals surface area contributed by atoms with Crippen molar-refractivity contribution < 1.29 is 14.2 Å². The Morgan fingerprint density at radius 1 is 1.33 bits per heavy atom. The molecule has 1 atom stereocenters. The third-order valence-corrected chi connectivity index (χ3v) is 2.93. The molecule has 0 radical (unpaired) electrons. The summed E-state index contributed by atoms with van der Waals surface area (Å²) in [5, 5.41) is 3.37. The number of hydrogen-bond donors (Lipinski definition) is 1. The summed E-state index contributed by atoms with van der Waals surface area (Å²) in [5.41, 5.74) is 1.23. The van der Waals surface area contributed by atoms with Crippen LogP contribution in [-0.2, 0) is 16.0 Å². The van der Waals surface area contributed by atoms with Crippen LogP contribution in [0.3, 0.4) is 0 Å². The van der Waals surface area contributed by atoms with Crippen molar-refractivity contribution in [2.75, 3.05) is 20.3 Å². The fourth-order valence-electron chi connectivity index (χ4n) is 1.98.